The lowest BCUT2D eigenvalue weighted by Crippen LogP contribution is -2.44. The molecule has 166 valence electrons. The van der Waals surface area contributed by atoms with Gasteiger partial charge in [0.1, 0.15) is 12.2 Å². The molecule has 1 aromatic carbocycles. The lowest BCUT2D eigenvalue weighted by Gasteiger charge is -2.34. The summed E-state index contributed by atoms with van der Waals surface area (Å²) in [5.74, 6) is 0.598. The van der Waals surface area contributed by atoms with E-state index in [1.807, 2.05) is 6.92 Å². The molecule has 32 heavy (non-hydrogen) atoms. The zero-order valence-corrected chi connectivity index (χ0v) is 19.0. The number of carbonyl (C=O) groups excluding carboxylic acids is 2. The van der Waals surface area contributed by atoms with Crippen LogP contribution in [0.2, 0.25) is 10.0 Å². The molecule has 1 atom stereocenters. The summed E-state index contributed by atoms with van der Waals surface area (Å²) in [4.78, 5) is 34.2. The zero-order valence-electron chi connectivity index (χ0n) is 17.5. The topological polar surface area (TPSA) is 97.4 Å². The highest BCUT2D eigenvalue weighted by atomic mass is 35.5. The lowest BCUT2D eigenvalue weighted by atomic mass is 9.97. The van der Waals surface area contributed by atoms with E-state index in [-0.39, 0.29) is 24.4 Å². The van der Waals surface area contributed by atoms with Crippen molar-refractivity contribution in [3.63, 3.8) is 0 Å². The standard InChI is InChI=1S/C21H20Cl2N6O3/c1-11-7-17-14(9-28(11)20(30)13-3-4-15(22)16(23)8-13)19-21(31)27(5-6-29(19)25-17)10-18-24-12(2)26-32-18/h3-4,8,11H,5-7,9-10H2,1-2H3/t11-/m1/s1. The van der Waals surface area contributed by atoms with Crippen molar-refractivity contribution < 1.29 is 14.1 Å². The number of hydrogen-bond donors (Lipinski definition) is 0. The maximum absolute atomic E-state index is 13.3. The van der Waals surface area contributed by atoms with Crippen molar-refractivity contribution >= 4 is 35.0 Å². The molecule has 0 saturated carbocycles. The van der Waals surface area contributed by atoms with Gasteiger partial charge in [0.25, 0.3) is 11.8 Å². The van der Waals surface area contributed by atoms with Crippen LogP contribution in [0.25, 0.3) is 0 Å². The molecule has 0 saturated heterocycles. The normalized spacial score (nSPS) is 18.0. The molecule has 11 heteroatoms. The van der Waals surface area contributed by atoms with Gasteiger partial charge in [-0.05, 0) is 32.0 Å². The molecule has 9 nitrogen and oxygen atoms in total. The SMILES string of the molecule is Cc1noc(CN2CCn3nc4c(c3C2=O)CN(C(=O)c2ccc(Cl)c(Cl)c2)[C@H](C)C4)n1. The summed E-state index contributed by atoms with van der Waals surface area (Å²) < 4.78 is 6.93. The van der Waals surface area contributed by atoms with Crippen LogP contribution in [0, 0.1) is 6.92 Å². The van der Waals surface area contributed by atoms with E-state index in [4.69, 9.17) is 27.7 Å². The van der Waals surface area contributed by atoms with Gasteiger partial charge in [-0.25, -0.2) is 0 Å². The van der Waals surface area contributed by atoms with E-state index >= 15 is 0 Å². The predicted molar refractivity (Wildman–Crippen MR) is 116 cm³/mol. The van der Waals surface area contributed by atoms with E-state index in [1.165, 1.54) is 0 Å². The van der Waals surface area contributed by atoms with Crippen molar-refractivity contribution in [2.75, 3.05) is 6.54 Å². The number of halogens is 2. The summed E-state index contributed by atoms with van der Waals surface area (Å²) in [5, 5.41) is 9.18. The number of carbonyl (C=O) groups is 2. The lowest BCUT2D eigenvalue weighted by molar-refractivity contribution is 0.0629. The Balaban J connectivity index is 1.43. The fraction of sp³-hybridized carbons (Fsp3) is 0.381. The average Bonchev–Trinajstić information content (AvgIpc) is 3.33. The Morgan fingerprint density at radius 2 is 2.06 bits per heavy atom. The average molecular weight is 475 g/mol. The van der Waals surface area contributed by atoms with Gasteiger partial charge in [0.05, 0.1) is 28.8 Å². The van der Waals surface area contributed by atoms with Crippen LogP contribution in [0.4, 0.5) is 0 Å². The highest BCUT2D eigenvalue weighted by molar-refractivity contribution is 6.42. The quantitative estimate of drug-likeness (QED) is 0.578. The number of hydrogen-bond acceptors (Lipinski definition) is 6. The largest absolute Gasteiger partial charge is 0.337 e. The van der Waals surface area contributed by atoms with E-state index < -0.39 is 0 Å². The van der Waals surface area contributed by atoms with Crippen LogP contribution in [0.15, 0.2) is 22.7 Å². The minimum atomic E-state index is -0.164. The Bertz CT molecular complexity index is 1240. The molecule has 4 heterocycles. The van der Waals surface area contributed by atoms with Crippen molar-refractivity contribution in [1.29, 1.82) is 0 Å². The van der Waals surface area contributed by atoms with E-state index in [0.29, 0.717) is 59.1 Å². The van der Waals surface area contributed by atoms with Gasteiger partial charge in [0, 0.05) is 30.1 Å². The molecule has 3 aromatic rings. The van der Waals surface area contributed by atoms with Crippen LogP contribution in [0.3, 0.4) is 0 Å². The van der Waals surface area contributed by atoms with E-state index in [9.17, 15) is 9.59 Å². The Hall–Kier alpha value is -2.91. The minimum Gasteiger partial charge on any atom is -0.337 e. The van der Waals surface area contributed by atoms with Crippen molar-refractivity contribution in [1.82, 2.24) is 29.7 Å². The van der Waals surface area contributed by atoms with Crippen LogP contribution < -0.4 is 0 Å². The number of benzene rings is 1. The van der Waals surface area contributed by atoms with E-state index in [0.717, 1.165) is 11.3 Å². The van der Waals surface area contributed by atoms with Gasteiger partial charge >= 0.3 is 0 Å². The molecular weight excluding hydrogens is 455 g/mol. The molecule has 0 fully saturated rings. The minimum absolute atomic E-state index is 0.0750. The molecular formula is C21H20Cl2N6O3. The first-order valence-electron chi connectivity index (χ1n) is 10.2. The van der Waals surface area contributed by atoms with Crippen molar-refractivity contribution in [3.8, 4) is 0 Å². The maximum atomic E-state index is 13.3. The number of aromatic nitrogens is 4. The summed E-state index contributed by atoms with van der Waals surface area (Å²) in [6.07, 6.45) is 0.568. The number of nitrogens with zero attached hydrogens (tertiary/aromatic N) is 6. The molecule has 2 amide bonds. The van der Waals surface area contributed by atoms with Gasteiger partial charge in [0.15, 0.2) is 5.82 Å². The second-order valence-corrected chi connectivity index (χ2v) is 8.89. The number of fused-ring (bicyclic) bond motifs is 3. The summed E-state index contributed by atoms with van der Waals surface area (Å²) in [6, 6.07) is 4.76. The summed E-state index contributed by atoms with van der Waals surface area (Å²) >= 11 is 12.1. The van der Waals surface area contributed by atoms with Gasteiger partial charge < -0.3 is 14.3 Å². The molecule has 2 aliphatic rings. The predicted octanol–water partition coefficient (Wildman–Crippen LogP) is 3.12. The van der Waals surface area contributed by atoms with Gasteiger partial charge in [-0.3, -0.25) is 14.3 Å². The molecule has 2 aliphatic heterocycles. The Kier molecular flexibility index (Phi) is 5.17. The Labute approximate surface area is 193 Å². The zero-order chi connectivity index (χ0) is 22.6. The van der Waals surface area contributed by atoms with Gasteiger partial charge in [-0.2, -0.15) is 10.1 Å². The van der Waals surface area contributed by atoms with Gasteiger partial charge in [0.2, 0.25) is 5.89 Å². The summed E-state index contributed by atoms with van der Waals surface area (Å²) in [5.41, 5.74) is 2.61. The van der Waals surface area contributed by atoms with Crippen LogP contribution in [-0.4, -0.2) is 54.1 Å². The first-order valence-corrected chi connectivity index (χ1v) is 11.0. The van der Waals surface area contributed by atoms with Crippen molar-refractivity contribution in [2.45, 2.75) is 45.9 Å². The highest BCUT2D eigenvalue weighted by Gasteiger charge is 2.37. The number of aryl methyl sites for hydroxylation is 1. The third-order valence-electron chi connectivity index (χ3n) is 5.88. The molecule has 0 spiro atoms. The first-order chi connectivity index (χ1) is 15.3. The molecule has 0 unspecified atom stereocenters. The fourth-order valence-electron chi connectivity index (χ4n) is 4.25. The van der Waals surface area contributed by atoms with Gasteiger partial charge in [-0.15, -0.1) is 0 Å². The molecule has 0 radical (unpaired) electrons. The molecule has 0 bridgehead atoms. The smallest absolute Gasteiger partial charge is 0.273 e. The number of amides is 2. The fourth-order valence-corrected chi connectivity index (χ4v) is 4.55. The number of rotatable bonds is 3. The second kappa shape index (κ2) is 7.90. The van der Waals surface area contributed by atoms with Crippen LogP contribution in [-0.2, 0) is 26.1 Å². The van der Waals surface area contributed by atoms with E-state index in [1.54, 1.807) is 39.6 Å². The second-order valence-electron chi connectivity index (χ2n) is 8.07. The Morgan fingerprint density at radius 3 is 2.78 bits per heavy atom. The molecule has 2 aromatic heterocycles. The molecule has 0 aliphatic carbocycles. The van der Waals surface area contributed by atoms with Crippen LogP contribution in [0.1, 0.15) is 50.7 Å². The van der Waals surface area contributed by atoms with Crippen LogP contribution in [0.5, 0.6) is 0 Å². The monoisotopic (exact) mass is 474 g/mol. The molecule has 0 N–H and O–H groups in total. The summed E-state index contributed by atoms with van der Waals surface area (Å²) in [7, 11) is 0. The Morgan fingerprint density at radius 1 is 1.25 bits per heavy atom. The summed E-state index contributed by atoms with van der Waals surface area (Å²) in [6.45, 7) is 5.30. The van der Waals surface area contributed by atoms with E-state index in [2.05, 4.69) is 15.2 Å². The molecule has 5 rings (SSSR count). The third kappa shape index (κ3) is 3.55. The maximum Gasteiger partial charge on any atom is 0.273 e. The first kappa shape index (κ1) is 21.0. The van der Waals surface area contributed by atoms with Gasteiger partial charge in [-0.1, -0.05) is 28.4 Å². The van der Waals surface area contributed by atoms with Crippen molar-refractivity contribution in [3.05, 3.63) is 62.5 Å². The van der Waals surface area contributed by atoms with Crippen LogP contribution >= 0.6 is 23.2 Å². The third-order valence-corrected chi connectivity index (χ3v) is 6.62. The highest BCUT2D eigenvalue weighted by Crippen LogP contribution is 2.31. The van der Waals surface area contributed by atoms with Crippen molar-refractivity contribution in [2.24, 2.45) is 0 Å².